The van der Waals surface area contributed by atoms with E-state index in [0.29, 0.717) is 24.7 Å². The molecule has 1 aromatic carbocycles. The Labute approximate surface area is 111 Å². The molecule has 1 saturated carbocycles. The Hall–Kier alpha value is -1.33. The molecule has 98 valence electrons. The van der Waals surface area contributed by atoms with Crippen molar-refractivity contribution in [3.05, 3.63) is 30.1 Å². The van der Waals surface area contributed by atoms with Gasteiger partial charge in [0.25, 0.3) is 0 Å². The van der Waals surface area contributed by atoms with Crippen LogP contribution in [0.5, 0.6) is 0 Å². The van der Waals surface area contributed by atoms with Crippen molar-refractivity contribution in [2.24, 2.45) is 11.7 Å². The maximum atomic E-state index is 12.9. The molecular weight excluding hydrogens is 257 g/mol. The summed E-state index contributed by atoms with van der Waals surface area (Å²) in [5.41, 5.74) is 6.34. The number of hydrogen-bond donors (Lipinski definition) is 2. The lowest BCUT2D eigenvalue weighted by Gasteiger charge is -2.19. The second-order valence-corrected chi connectivity index (χ2v) is 4.96. The zero-order chi connectivity index (χ0) is 12.0. The minimum atomic E-state index is -0.359. The van der Waals surface area contributed by atoms with E-state index >= 15 is 0 Å². The van der Waals surface area contributed by atoms with E-state index in [1.54, 1.807) is 17.0 Å². The molecule has 1 aliphatic heterocycles. The second kappa shape index (κ2) is 4.40. The van der Waals surface area contributed by atoms with Gasteiger partial charge in [-0.15, -0.1) is 12.4 Å². The Balaban J connectivity index is 0.00000120. The largest absolute Gasteiger partial charge is 0.323 e. The third kappa shape index (κ3) is 2.28. The number of piperidine rings is 1. The maximum absolute atomic E-state index is 12.9. The number of carbonyl (C=O) groups excluding carboxylic acids is 1. The summed E-state index contributed by atoms with van der Waals surface area (Å²) in [4.78, 5) is 13.6. The minimum Gasteiger partial charge on any atom is -0.323 e. The number of carbonyl (C=O) groups is 1. The molecule has 4 nitrogen and oxygen atoms in total. The highest BCUT2D eigenvalue weighted by molar-refractivity contribution is 5.89. The van der Waals surface area contributed by atoms with Gasteiger partial charge in [-0.3, -0.25) is 0 Å². The summed E-state index contributed by atoms with van der Waals surface area (Å²) >= 11 is 0. The van der Waals surface area contributed by atoms with Gasteiger partial charge in [-0.1, -0.05) is 6.07 Å². The Bertz CT molecular complexity index is 484. The van der Waals surface area contributed by atoms with Crippen molar-refractivity contribution in [1.29, 1.82) is 0 Å². The summed E-state index contributed by atoms with van der Waals surface area (Å²) in [5, 5.41) is 2.67. The molecule has 0 aromatic heterocycles. The van der Waals surface area contributed by atoms with Crippen LogP contribution in [-0.4, -0.2) is 29.6 Å². The number of nitrogens with one attached hydrogen (secondary N) is 1. The van der Waals surface area contributed by atoms with Crippen molar-refractivity contribution in [3.8, 4) is 0 Å². The zero-order valence-corrected chi connectivity index (χ0v) is 10.5. The van der Waals surface area contributed by atoms with Gasteiger partial charge in [0, 0.05) is 24.3 Å². The molecule has 2 unspecified atom stereocenters. The highest BCUT2D eigenvalue weighted by Crippen LogP contribution is 2.47. The molecule has 0 spiro atoms. The Morgan fingerprint density at radius 1 is 1.56 bits per heavy atom. The zero-order valence-electron chi connectivity index (χ0n) is 9.73. The van der Waals surface area contributed by atoms with Gasteiger partial charge < -0.3 is 16.0 Å². The van der Waals surface area contributed by atoms with E-state index in [9.17, 15) is 9.18 Å². The second-order valence-electron chi connectivity index (χ2n) is 4.96. The van der Waals surface area contributed by atoms with Crippen LogP contribution in [0.3, 0.4) is 0 Å². The van der Waals surface area contributed by atoms with Gasteiger partial charge in [0.2, 0.25) is 0 Å². The van der Waals surface area contributed by atoms with E-state index in [2.05, 4.69) is 5.32 Å². The van der Waals surface area contributed by atoms with Gasteiger partial charge in [-0.2, -0.15) is 0 Å². The number of fused-ring (bicyclic) bond motifs is 1. The molecule has 3 N–H and O–H groups in total. The maximum Gasteiger partial charge on any atom is 0.321 e. The topological polar surface area (TPSA) is 58.4 Å². The van der Waals surface area contributed by atoms with Gasteiger partial charge in [0.1, 0.15) is 5.82 Å². The third-order valence-corrected chi connectivity index (χ3v) is 3.57. The molecule has 2 amide bonds. The summed E-state index contributed by atoms with van der Waals surface area (Å²) < 4.78 is 12.9. The molecule has 1 aromatic rings. The molecule has 1 saturated heterocycles. The van der Waals surface area contributed by atoms with E-state index in [1.807, 2.05) is 0 Å². The molecule has 0 radical (unpaired) electrons. The first-order valence-electron chi connectivity index (χ1n) is 5.67. The monoisotopic (exact) mass is 271 g/mol. The molecule has 2 aliphatic rings. The van der Waals surface area contributed by atoms with Crippen LogP contribution in [0, 0.1) is 11.7 Å². The average Bonchev–Trinajstić information content (AvgIpc) is 2.77. The molecule has 1 heterocycles. The van der Waals surface area contributed by atoms with E-state index in [0.717, 1.165) is 6.42 Å². The van der Waals surface area contributed by atoms with Crippen LogP contribution in [0.1, 0.15) is 6.42 Å². The molecule has 0 bridgehead atoms. The number of nitrogens with zero attached hydrogens (tertiary/aromatic N) is 1. The van der Waals surface area contributed by atoms with Crippen molar-refractivity contribution in [2.75, 3.05) is 18.4 Å². The Morgan fingerprint density at radius 2 is 2.33 bits per heavy atom. The lowest BCUT2D eigenvalue weighted by atomic mass is 10.3. The highest BCUT2D eigenvalue weighted by Gasteiger charge is 2.58. The van der Waals surface area contributed by atoms with Crippen LogP contribution in [0.2, 0.25) is 0 Å². The fourth-order valence-corrected chi connectivity index (χ4v) is 2.45. The van der Waals surface area contributed by atoms with Gasteiger partial charge in [-0.25, -0.2) is 9.18 Å². The van der Waals surface area contributed by atoms with E-state index in [4.69, 9.17) is 5.73 Å². The van der Waals surface area contributed by atoms with Crippen LogP contribution < -0.4 is 11.1 Å². The molecule has 6 heteroatoms. The molecule has 18 heavy (non-hydrogen) atoms. The number of likely N-dealkylation sites (tertiary alicyclic amines) is 1. The number of urea groups is 1. The summed E-state index contributed by atoms with van der Waals surface area (Å²) in [6, 6.07) is 5.67. The smallest absolute Gasteiger partial charge is 0.321 e. The third-order valence-electron chi connectivity index (χ3n) is 3.57. The molecule has 2 fully saturated rings. The van der Waals surface area contributed by atoms with Gasteiger partial charge in [-0.05, 0) is 30.5 Å². The first-order chi connectivity index (χ1) is 8.07. The first kappa shape index (κ1) is 13.1. The Morgan fingerprint density at radius 3 is 2.94 bits per heavy atom. The number of benzene rings is 1. The summed E-state index contributed by atoms with van der Waals surface area (Å²) in [6.07, 6.45) is 1.01. The van der Waals surface area contributed by atoms with Crippen LogP contribution in [-0.2, 0) is 0 Å². The van der Waals surface area contributed by atoms with Crippen molar-refractivity contribution in [1.82, 2.24) is 4.90 Å². The number of hydrogen-bond acceptors (Lipinski definition) is 2. The number of amides is 2. The normalized spacial score (nSPS) is 28.3. The minimum absolute atomic E-state index is 0. The number of nitrogens with two attached hydrogens (primary N) is 1. The molecule has 2 atom stereocenters. The summed E-state index contributed by atoms with van der Waals surface area (Å²) in [6.45, 7) is 1.30. The SMILES string of the molecule is Cl.NC12CC1CN(C(=O)Nc1cccc(F)c1)C2. The van der Waals surface area contributed by atoms with Gasteiger partial charge >= 0.3 is 6.03 Å². The standard InChI is InChI=1S/C12H14FN3O.ClH/c13-9-2-1-3-10(4-9)15-11(17)16-6-8-5-12(8,14)7-16;/h1-4,8H,5-7,14H2,(H,15,17);1H. The first-order valence-corrected chi connectivity index (χ1v) is 5.67. The van der Waals surface area contributed by atoms with Crippen molar-refractivity contribution < 1.29 is 9.18 Å². The van der Waals surface area contributed by atoms with Crippen LogP contribution in [0.4, 0.5) is 14.9 Å². The fraction of sp³-hybridized carbons (Fsp3) is 0.417. The van der Waals surface area contributed by atoms with Crippen LogP contribution in [0.15, 0.2) is 24.3 Å². The molecule has 3 rings (SSSR count). The van der Waals surface area contributed by atoms with Crippen molar-refractivity contribution in [3.63, 3.8) is 0 Å². The quantitative estimate of drug-likeness (QED) is 0.818. The highest BCUT2D eigenvalue weighted by atomic mass is 35.5. The van der Waals surface area contributed by atoms with E-state index in [-0.39, 0.29) is 29.8 Å². The van der Waals surface area contributed by atoms with Crippen LogP contribution in [0.25, 0.3) is 0 Å². The van der Waals surface area contributed by atoms with Crippen LogP contribution >= 0.6 is 12.4 Å². The van der Waals surface area contributed by atoms with Gasteiger partial charge in [0.15, 0.2) is 0 Å². The lowest BCUT2D eigenvalue weighted by Crippen LogP contribution is -2.39. The number of anilines is 1. The van der Waals surface area contributed by atoms with Crippen molar-refractivity contribution in [2.45, 2.75) is 12.0 Å². The molecule has 1 aliphatic carbocycles. The summed E-state index contributed by atoms with van der Waals surface area (Å²) in [7, 11) is 0. The number of rotatable bonds is 1. The van der Waals surface area contributed by atoms with Crippen molar-refractivity contribution >= 4 is 24.1 Å². The fourth-order valence-electron chi connectivity index (χ4n) is 2.45. The van der Waals surface area contributed by atoms with Gasteiger partial charge in [0.05, 0.1) is 0 Å². The summed E-state index contributed by atoms with van der Waals surface area (Å²) in [5.74, 6) is 0.0862. The Kier molecular flexibility index (Phi) is 3.21. The predicted molar refractivity (Wildman–Crippen MR) is 69.3 cm³/mol. The van der Waals surface area contributed by atoms with E-state index in [1.165, 1.54) is 12.1 Å². The molecular formula is C12H15ClFN3O. The lowest BCUT2D eigenvalue weighted by molar-refractivity contribution is 0.216. The number of halogens is 2. The average molecular weight is 272 g/mol. The predicted octanol–water partition coefficient (Wildman–Crippen LogP) is 1.81. The van der Waals surface area contributed by atoms with E-state index < -0.39 is 0 Å².